The first-order valence-electron chi connectivity index (χ1n) is 7.11. The van der Waals surface area contributed by atoms with Gasteiger partial charge in [0.1, 0.15) is 17.3 Å². The second-order valence-corrected chi connectivity index (χ2v) is 5.81. The summed E-state index contributed by atoms with van der Waals surface area (Å²) in [5, 5.41) is 8.53. The maximum absolute atomic E-state index is 12.8. The fourth-order valence-electron chi connectivity index (χ4n) is 1.92. The minimum Gasteiger partial charge on any atom is -0.494 e. The number of nitrogens with zero attached hydrogens (tertiary/aromatic N) is 2. The molecule has 0 saturated carbocycles. The third-order valence-electron chi connectivity index (χ3n) is 3.09. The van der Waals surface area contributed by atoms with Crippen molar-refractivity contribution in [2.24, 2.45) is 0 Å². The third kappa shape index (κ3) is 4.13. The molecule has 0 unspecified atom stereocenters. The quantitative estimate of drug-likeness (QED) is 0.473. The summed E-state index contributed by atoms with van der Waals surface area (Å²) in [5.41, 5.74) is 0.809. The lowest BCUT2D eigenvalue weighted by Gasteiger charge is -2.04. The standard InChI is InChI=1S/C16H15FN2O3S/c1-11-14(7-9-20-11)15-18-19-16(22-15)23-10-2-8-21-13-5-3-12(17)4-6-13/h3-7,9H,2,8,10H2,1H3. The molecule has 0 amide bonds. The van der Waals surface area contributed by atoms with Crippen LogP contribution in [0.2, 0.25) is 0 Å². The molecule has 3 rings (SSSR count). The molecule has 0 N–H and O–H groups in total. The van der Waals surface area contributed by atoms with Crippen LogP contribution in [0.4, 0.5) is 4.39 Å². The molecule has 5 nitrogen and oxygen atoms in total. The van der Waals surface area contributed by atoms with Gasteiger partial charge in [0, 0.05) is 5.75 Å². The van der Waals surface area contributed by atoms with Gasteiger partial charge in [0.05, 0.1) is 18.4 Å². The highest BCUT2D eigenvalue weighted by molar-refractivity contribution is 7.99. The molecule has 0 aliphatic heterocycles. The highest BCUT2D eigenvalue weighted by Crippen LogP contribution is 2.26. The van der Waals surface area contributed by atoms with Gasteiger partial charge in [-0.2, -0.15) is 0 Å². The van der Waals surface area contributed by atoms with E-state index in [0.29, 0.717) is 23.5 Å². The van der Waals surface area contributed by atoms with Crippen LogP contribution in [-0.2, 0) is 0 Å². The predicted octanol–water partition coefficient (Wildman–Crippen LogP) is 4.34. The molecular formula is C16H15FN2O3S. The van der Waals surface area contributed by atoms with E-state index in [2.05, 4.69) is 10.2 Å². The monoisotopic (exact) mass is 334 g/mol. The number of halogens is 1. The first kappa shape index (κ1) is 15.6. The Morgan fingerprint density at radius 1 is 1.17 bits per heavy atom. The first-order valence-corrected chi connectivity index (χ1v) is 8.10. The fourth-order valence-corrected chi connectivity index (χ4v) is 2.60. The molecule has 2 heterocycles. The molecule has 7 heteroatoms. The molecule has 0 spiro atoms. The zero-order chi connectivity index (χ0) is 16.1. The SMILES string of the molecule is Cc1occc1-c1nnc(SCCCOc2ccc(F)cc2)o1. The lowest BCUT2D eigenvalue weighted by molar-refractivity contribution is 0.318. The van der Waals surface area contributed by atoms with Gasteiger partial charge in [0.25, 0.3) is 11.1 Å². The summed E-state index contributed by atoms with van der Waals surface area (Å²) < 4.78 is 29.1. The number of aromatic nitrogens is 2. The summed E-state index contributed by atoms with van der Waals surface area (Å²) in [6.45, 7) is 2.39. The maximum atomic E-state index is 12.8. The highest BCUT2D eigenvalue weighted by Gasteiger charge is 2.12. The second kappa shape index (κ2) is 7.32. The van der Waals surface area contributed by atoms with Crippen molar-refractivity contribution in [3.05, 3.63) is 48.2 Å². The highest BCUT2D eigenvalue weighted by atomic mass is 32.2. The lowest BCUT2D eigenvalue weighted by Crippen LogP contribution is -1.98. The van der Waals surface area contributed by atoms with Crippen LogP contribution in [0.15, 0.2) is 50.7 Å². The van der Waals surface area contributed by atoms with Crippen LogP contribution in [0.5, 0.6) is 5.75 Å². The van der Waals surface area contributed by atoms with E-state index in [1.807, 2.05) is 6.92 Å². The molecule has 120 valence electrons. The zero-order valence-electron chi connectivity index (χ0n) is 12.5. The molecule has 0 aliphatic rings. The van der Waals surface area contributed by atoms with Gasteiger partial charge in [-0.15, -0.1) is 10.2 Å². The lowest BCUT2D eigenvalue weighted by atomic mass is 10.3. The van der Waals surface area contributed by atoms with Gasteiger partial charge in [0.15, 0.2) is 0 Å². The van der Waals surface area contributed by atoms with Gasteiger partial charge in [-0.3, -0.25) is 0 Å². The molecule has 0 saturated heterocycles. The number of ether oxygens (including phenoxy) is 1. The Bertz CT molecular complexity index is 755. The van der Waals surface area contributed by atoms with Crippen molar-refractivity contribution in [3.8, 4) is 17.2 Å². The van der Waals surface area contributed by atoms with Crippen LogP contribution in [-0.4, -0.2) is 22.6 Å². The summed E-state index contributed by atoms with van der Waals surface area (Å²) in [6.07, 6.45) is 2.40. The van der Waals surface area contributed by atoms with E-state index in [9.17, 15) is 4.39 Å². The van der Waals surface area contributed by atoms with Crippen molar-refractivity contribution in [2.45, 2.75) is 18.6 Å². The van der Waals surface area contributed by atoms with Gasteiger partial charge in [-0.05, 0) is 43.7 Å². The van der Waals surface area contributed by atoms with Crippen molar-refractivity contribution in [1.82, 2.24) is 10.2 Å². The van der Waals surface area contributed by atoms with Crippen LogP contribution in [0.3, 0.4) is 0 Å². The van der Waals surface area contributed by atoms with Crippen molar-refractivity contribution in [2.75, 3.05) is 12.4 Å². The summed E-state index contributed by atoms with van der Waals surface area (Å²) in [4.78, 5) is 0. The molecule has 2 aromatic heterocycles. The van der Waals surface area contributed by atoms with Gasteiger partial charge in [-0.1, -0.05) is 11.8 Å². The Labute approximate surface area is 136 Å². The Kier molecular flexibility index (Phi) is 4.97. The minimum atomic E-state index is -0.270. The Morgan fingerprint density at radius 3 is 2.74 bits per heavy atom. The van der Waals surface area contributed by atoms with Crippen LogP contribution in [0.25, 0.3) is 11.5 Å². The second-order valence-electron chi connectivity index (χ2n) is 4.77. The van der Waals surface area contributed by atoms with E-state index in [4.69, 9.17) is 13.6 Å². The molecule has 0 aliphatic carbocycles. The molecule has 3 aromatic rings. The minimum absolute atomic E-state index is 0.270. The fraction of sp³-hybridized carbons (Fsp3) is 0.250. The van der Waals surface area contributed by atoms with Crippen LogP contribution in [0, 0.1) is 12.7 Å². The number of benzene rings is 1. The summed E-state index contributed by atoms with van der Waals surface area (Å²) in [7, 11) is 0. The number of rotatable bonds is 7. The van der Waals surface area contributed by atoms with Crippen LogP contribution in [0.1, 0.15) is 12.2 Å². The Hall–Kier alpha value is -2.28. The van der Waals surface area contributed by atoms with Gasteiger partial charge in [-0.25, -0.2) is 4.39 Å². The number of aryl methyl sites for hydroxylation is 1. The van der Waals surface area contributed by atoms with Crippen molar-refractivity contribution in [1.29, 1.82) is 0 Å². The normalized spacial score (nSPS) is 10.9. The average molecular weight is 334 g/mol. The van der Waals surface area contributed by atoms with Crippen LogP contribution < -0.4 is 4.74 Å². The van der Waals surface area contributed by atoms with E-state index >= 15 is 0 Å². The largest absolute Gasteiger partial charge is 0.494 e. The van der Waals surface area contributed by atoms with Crippen molar-refractivity contribution >= 4 is 11.8 Å². The van der Waals surface area contributed by atoms with Crippen LogP contribution >= 0.6 is 11.8 Å². The van der Waals surface area contributed by atoms with Crippen molar-refractivity contribution < 1.29 is 18.0 Å². The van der Waals surface area contributed by atoms with E-state index in [1.54, 1.807) is 24.5 Å². The van der Waals surface area contributed by atoms with Crippen molar-refractivity contribution in [3.63, 3.8) is 0 Å². The first-order chi connectivity index (χ1) is 11.2. The van der Waals surface area contributed by atoms with Gasteiger partial charge >= 0.3 is 0 Å². The number of furan rings is 1. The summed E-state index contributed by atoms with van der Waals surface area (Å²) >= 11 is 1.47. The average Bonchev–Trinajstić information content (AvgIpc) is 3.17. The third-order valence-corrected chi connectivity index (χ3v) is 4.00. The molecule has 1 aromatic carbocycles. The summed E-state index contributed by atoms with van der Waals surface area (Å²) in [5.74, 6) is 2.38. The molecule has 0 bridgehead atoms. The Balaban J connectivity index is 1.42. The maximum Gasteiger partial charge on any atom is 0.276 e. The number of thioether (sulfide) groups is 1. The molecule has 23 heavy (non-hydrogen) atoms. The zero-order valence-corrected chi connectivity index (χ0v) is 13.3. The molecule has 0 radical (unpaired) electrons. The van der Waals surface area contributed by atoms with E-state index in [0.717, 1.165) is 23.5 Å². The topological polar surface area (TPSA) is 61.3 Å². The number of hydrogen-bond acceptors (Lipinski definition) is 6. The number of hydrogen-bond donors (Lipinski definition) is 0. The van der Waals surface area contributed by atoms with Gasteiger partial charge < -0.3 is 13.6 Å². The molecule has 0 atom stereocenters. The van der Waals surface area contributed by atoms with E-state index in [-0.39, 0.29) is 5.82 Å². The summed E-state index contributed by atoms with van der Waals surface area (Å²) in [6, 6.07) is 7.78. The van der Waals surface area contributed by atoms with Gasteiger partial charge in [0.2, 0.25) is 0 Å². The van der Waals surface area contributed by atoms with E-state index in [1.165, 1.54) is 23.9 Å². The predicted molar refractivity (Wildman–Crippen MR) is 84.0 cm³/mol. The molecular weight excluding hydrogens is 319 g/mol. The molecule has 0 fully saturated rings. The smallest absolute Gasteiger partial charge is 0.276 e. The Morgan fingerprint density at radius 2 is 2.00 bits per heavy atom. The van der Waals surface area contributed by atoms with E-state index < -0.39 is 0 Å².